The van der Waals surface area contributed by atoms with E-state index in [1.54, 1.807) is 11.8 Å². The molecule has 1 amide bonds. The van der Waals surface area contributed by atoms with E-state index in [0.29, 0.717) is 18.9 Å². The molecule has 0 radical (unpaired) electrons. The third-order valence-corrected chi connectivity index (χ3v) is 2.73. The standard InChI is InChI=1S/C10H20ClNOS/c1-8(2)6-9(11)7-12-10(13)4-5-14-3/h8-9H,4-7H2,1-3H3,(H,12,13). The van der Waals surface area contributed by atoms with Crippen LogP contribution in [0.5, 0.6) is 0 Å². The summed E-state index contributed by atoms with van der Waals surface area (Å²) in [6.07, 6.45) is 3.53. The first kappa shape index (κ1) is 14.1. The predicted molar refractivity (Wildman–Crippen MR) is 65.1 cm³/mol. The lowest BCUT2D eigenvalue weighted by atomic mass is 10.1. The minimum Gasteiger partial charge on any atom is -0.355 e. The molecule has 0 aliphatic carbocycles. The van der Waals surface area contributed by atoms with Crippen molar-refractivity contribution in [2.75, 3.05) is 18.6 Å². The first-order chi connectivity index (χ1) is 6.56. The fourth-order valence-corrected chi connectivity index (χ4v) is 1.93. The van der Waals surface area contributed by atoms with E-state index in [-0.39, 0.29) is 11.3 Å². The molecule has 4 heteroatoms. The lowest BCUT2D eigenvalue weighted by Crippen LogP contribution is -2.30. The summed E-state index contributed by atoms with van der Waals surface area (Å²) in [7, 11) is 0. The maximum Gasteiger partial charge on any atom is 0.220 e. The van der Waals surface area contributed by atoms with Crippen LogP contribution in [0.25, 0.3) is 0 Å². The molecular formula is C10H20ClNOS. The van der Waals surface area contributed by atoms with Gasteiger partial charge in [-0.1, -0.05) is 13.8 Å². The van der Waals surface area contributed by atoms with Gasteiger partial charge in [0, 0.05) is 18.7 Å². The summed E-state index contributed by atoms with van der Waals surface area (Å²) in [6, 6.07) is 0. The Bertz CT molecular complexity index is 164. The van der Waals surface area contributed by atoms with Gasteiger partial charge >= 0.3 is 0 Å². The van der Waals surface area contributed by atoms with Gasteiger partial charge in [0.15, 0.2) is 0 Å². The minimum atomic E-state index is 0.0632. The molecule has 0 heterocycles. The smallest absolute Gasteiger partial charge is 0.220 e. The molecule has 0 saturated heterocycles. The number of rotatable bonds is 7. The molecule has 0 aliphatic heterocycles. The molecule has 2 nitrogen and oxygen atoms in total. The Kier molecular flexibility index (Phi) is 8.49. The molecule has 0 spiro atoms. The third-order valence-electron chi connectivity index (χ3n) is 1.78. The van der Waals surface area contributed by atoms with E-state index in [1.165, 1.54) is 0 Å². The van der Waals surface area contributed by atoms with Crippen LogP contribution in [0.4, 0.5) is 0 Å². The monoisotopic (exact) mass is 237 g/mol. The first-order valence-corrected chi connectivity index (χ1v) is 6.79. The van der Waals surface area contributed by atoms with Crippen LogP contribution in [0.1, 0.15) is 26.7 Å². The topological polar surface area (TPSA) is 29.1 Å². The van der Waals surface area contributed by atoms with Crippen molar-refractivity contribution in [3.8, 4) is 0 Å². The zero-order valence-electron chi connectivity index (χ0n) is 9.18. The van der Waals surface area contributed by atoms with Crippen LogP contribution in [-0.4, -0.2) is 29.8 Å². The fourth-order valence-electron chi connectivity index (χ4n) is 1.10. The van der Waals surface area contributed by atoms with Gasteiger partial charge in [0.2, 0.25) is 5.91 Å². The number of halogens is 1. The lowest BCUT2D eigenvalue weighted by molar-refractivity contribution is -0.120. The van der Waals surface area contributed by atoms with Gasteiger partial charge < -0.3 is 5.32 Å². The van der Waals surface area contributed by atoms with Gasteiger partial charge in [-0.15, -0.1) is 11.6 Å². The first-order valence-electron chi connectivity index (χ1n) is 4.96. The van der Waals surface area contributed by atoms with Crippen molar-refractivity contribution in [1.29, 1.82) is 0 Å². The van der Waals surface area contributed by atoms with Crippen LogP contribution in [0.3, 0.4) is 0 Å². The summed E-state index contributed by atoms with van der Waals surface area (Å²) in [5, 5.41) is 2.90. The van der Waals surface area contributed by atoms with Gasteiger partial charge in [0.1, 0.15) is 0 Å². The second kappa shape index (κ2) is 8.42. The molecule has 0 bridgehead atoms. The van der Waals surface area contributed by atoms with Crippen molar-refractivity contribution in [1.82, 2.24) is 5.32 Å². The number of nitrogens with one attached hydrogen (secondary N) is 1. The summed E-state index contributed by atoms with van der Waals surface area (Å²) < 4.78 is 0. The summed E-state index contributed by atoms with van der Waals surface area (Å²) in [5.41, 5.74) is 0. The summed E-state index contributed by atoms with van der Waals surface area (Å²) in [5.74, 6) is 1.57. The maximum absolute atomic E-state index is 11.2. The molecule has 0 aromatic heterocycles. The molecule has 0 saturated carbocycles. The highest BCUT2D eigenvalue weighted by Crippen LogP contribution is 2.09. The van der Waals surface area contributed by atoms with Crippen molar-refractivity contribution >= 4 is 29.3 Å². The van der Waals surface area contributed by atoms with Crippen LogP contribution in [0.15, 0.2) is 0 Å². The van der Waals surface area contributed by atoms with Crippen molar-refractivity contribution in [3.05, 3.63) is 0 Å². The van der Waals surface area contributed by atoms with E-state index < -0.39 is 0 Å². The van der Waals surface area contributed by atoms with Gasteiger partial charge in [0.25, 0.3) is 0 Å². The van der Waals surface area contributed by atoms with Crippen molar-refractivity contribution in [2.24, 2.45) is 5.92 Å². The Morgan fingerprint density at radius 1 is 1.50 bits per heavy atom. The highest BCUT2D eigenvalue weighted by molar-refractivity contribution is 7.98. The third kappa shape index (κ3) is 8.70. The minimum absolute atomic E-state index is 0.0632. The fraction of sp³-hybridized carbons (Fsp3) is 0.900. The van der Waals surface area contributed by atoms with E-state index in [0.717, 1.165) is 12.2 Å². The Morgan fingerprint density at radius 3 is 2.64 bits per heavy atom. The predicted octanol–water partition coefficient (Wildman–Crippen LogP) is 2.51. The van der Waals surface area contributed by atoms with E-state index >= 15 is 0 Å². The van der Waals surface area contributed by atoms with E-state index in [4.69, 9.17) is 11.6 Å². The van der Waals surface area contributed by atoms with Crippen LogP contribution in [0.2, 0.25) is 0 Å². The molecule has 1 atom stereocenters. The van der Waals surface area contributed by atoms with Gasteiger partial charge in [-0.25, -0.2) is 0 Å². The number of carbonyl (C=O) groups excluding carboxylic acids is 1. The SMILES string of the molecule is CSCCC(=O)NCC(Cl)CC(C)C. The quantitative estimate of drug-likeness (QED) is 0.690. The zero-order valence-corrected chi connectivity index (χ0v) is 10.8. The summed E-state index contributed by atoms with van der Waals surface area (Å²) in [4.78, 5) is 11.2. The zero-order chi connectivity index (χ0) is 11.0. The van der Waals surface area contributed by atoms with Gasteiger partial charge in [-0.2, -0.15) is 11.8 Å². The Hall–Kier alpha value is 0.110. The number of thioether (sulfide) groups is 1. The van der Waals surface area contributed by atoms with E-state index in [2.05, 4.69) is 19.2 Å². The van der Waals surface area contributed by atoms with Crippen molar-refractivity contribution in [3.63, 3.8) is 0 Å². The van der Waals surface area contributed by atoms with E-state index in [9.17, 15) is 4.79 Å². The Morgan fingerprint density at radius 2 is 2.14 bits per heavy atom. The number of amides is 1. The average molecular weight is 238 g/mol. The number of hydrogen-bond acceptors (Lipinski definition) is 2. The lowest BCUT2D eigenvalue weighted by Gasteiger charge is -2.12. The van der Waals surface area contributed by atoms with Gasteiger partial charge in [0.05, 0.1) is 5.38 Å². The van der Waals surface area contributed by atoms with Crippen LogP contribution < -0.4 is 5.32 Å². The molecule has 0 rings (SSSR count). The molecular weight excluding hydrogens is 218 g/mol. The van der Waals surface area contributed by atoms with Crippen LogP contribution in [-0.2, 0) is 4.79 Å². The van der Waals surface area contributed by atoms with Crippen LogP contribution >= 0.6 is 23.4 Å². The molecule has 1 N–H and O–H groups in total. The molecule has 0 aliphatic rings. The molecule has 0 aromatic rings. The van der Waals surface area contributed by atoms with Gasteiger partial charge in [-0.05, 0) is 18.6 Å². The van der Waals surface area contributed by atoms with Gasteiger partial charge in [-0.3, -0.25) is 4.79 Å². The summed E-state index contributed by atoms with van der Waals surface area (Å²) >= 11 is 7.72. The number of alkyl halides is 1. The summed E-state index contributed by atoms with van der Waals surface area (Å²) in [6.45, 7) is 4.85. The average Bonchev–Trinajstić information content (AvgIpc) is 2.10. The van der Waals surface area contributed by atoms with E-state index in [1.807, 2.05) is 6.26 Å². The molecule has 14 heavy (non-hydrogen) atoms. The molecule has 0 fully saturated rings. The molecule has 84 valence electrons. The normalized spacial score (nSPS) is 12.9. The Labute approximate surface area is 96.2 Å². The maximum atomic E-state index is 11.2. The van der Waals surface area contributed by atoms with Crippen LogP contribution in [0, 0.1) is 5.92 Å². The molecule has 1 unspecified atom stereocenters. The second-order valence-electron chi connectivity index (χ2n) is 3.77. The highest BCUT2D eigenvalue weighted by atomic mass is 35.5. The molecule has 0 aromatic carbocycles. The number of hydrogen-bond donors (Lipinski definition) is 1. The largest absolute Gasteiger partial charge is 0.355 e. The number of carbonyl (C=O) groups is 1. The second-order valence-corrected chi connectivity index (χ2v) is 5.38. The van der Waals surface area contributed by atoms with Crippen molar-refractivity contribution in [2.45, 2.75) is 32.1 Å². The Balaban J connectivity index is 3.45. The van der Waals surface area contributed by atoms with Crippen molar-refractivity contribution < 1.29 is 4.79 Å². The highest BCUT2D eigenvalue weighted by Gasteiger charge is 2.08.